The van der Waals surface area contributed by atoms with E-state index in [0.717, 1.165) is 17.8 Å². The molecule has 0 aliphatic carbocycles. The number of benzene rings is 2. The van der Waals surface area contributed by atoms with Crippen LogP contribution in [0.15, 0.2) is 47.6 Å². The Kier molecular flexibility index (Phi) is 6.69. The van der Waals surface area contributed by atoms with Gasteiger partial charge in [0.1, 0.15) is 18.2 Å². The number of hydrogen-bond donors (Lipinski definition) is 2. The van der Waals surface area contributed by atoms with Crippen molar-refractivity contribution in [2.75, 3.05) is 16.9 Å². The lowest BCUT2D eigenvalue weighted by molar-refractivity contribution is -0.384. The first-order valence-corrected chi connectivity index (χ1v) is 9.64. The Bertz CT molecular complexity index is 1080. The number of nitrogens with one attached hydrogen (secondary N) is 1. The van der Waals surface area contributed by atoms with E-state index in [4.69, 9.17) is 22.2 Å². The van der Waals surface area contributed by atoms with E-state index in [9.17, 15) is 19.3 Å². The summed E-state index contributed by atoms with van der Waals surface area (Å²) in [6.07, 6.45) is 0. The molecule has 0 aliphatic rings. The second-order valence-corrected chi connectivity index (χ2v) is 7.12. The van der Waals surface area contributed by atoms with E-state index >= 15 is 0 Å². The molecule has 0 bridgehead atoms. The Balaban J connectivity index is 1.54. The number of thioether (sulfide) groups is 1. The molecule has 0 radical (unpaired) electrons. The minimum atomic E-state index is -0.585. The molecule has 0 aliphatic heterocycles. The Labute approximate surface area is 178 Å². The van der Waals surface area contributed by atoms with Crippen LogP contribution in [-0.2, 0) is 11.4 Å². The summed E-state index contributed by atoms with van der Waals surface area (Å²) in [7, 11) is 0. The lowest BCUT2D eigenvalue weighted by Crippen LogP contribution is -2.18. The average molecular weight is 453 g/mol. The normalized spacial score (nSPS) is 10.6. The Morgan fingerprint density at radius 2 is 2.03 bits per heavy atom. The van der Waals surface area contributed by atoms with Gasteiger partial charge in [0.25, 0.3) is 5.69 Å². The highest BCUT2D eigenvalue weighted by Gasteiger charge is 2.15. The number of aromatic nitrogens is 3. The lowest BCUT2D eigenvalue weighted by Gasteiger charge is -2.07. The molecule has 1 amide bonds. The van der Waals surface area contributed by atoms with Crippen molar-refractivity contribution < 1.29 is 18.8 Å². The number of nitrogens with two attached hydrogens (primary N) is 1. The van der Waals surface area contributed by atoms with Crippen LogP contribution in [0.1, 0.15) is 5.82 Å². The number of carbonyl (C=O) groups is 1. The monoisotopic (exact) mass is 452 g/mol. The minimum Gasteiger partial charge on any atom is -0.486 e. The van der Waals surface area contributed by atoms with E-state index < -0.39 is 10.8 Å². The summed E-state index contributed by atoms with van der Waals surface area (Å²) in [5, 5.41) is 21.4. The van der Waals surface area contributed by atoms with Gasteiger partial charge < -0.3 is 15.9 Å². The zero-order valence-corrected chi connectivity index (χ0v) is 16.7. The van der Waals surface area contributed by atoms with E-state index in [-0.39, 0.29) is 39.7 Å². The summed E-state index contributed by atoms with van der Waals surface area (Å²) in [4.78, 5) is 22.3. The number of halogens is 2. The fourth-order valence-corrected chi connectivity index (χ4v) is 3.12. The molecule has 3 aromatic rings. The van der Waals surface area contributed by atoms with Crippen LogP contribution in [-0.4, -0.2) is 31.5 Å². The number of nitrogen functional groups attached to an aromatic ring is 1. The molecule has 0 saturated heterocycles. The lowest BCUT2D eigenvalue weighted by atomic mass is 10.3. The molecule has 3 N–H and O–H groups in total. The molecule has 3 rings (SSSR count). The molecule has 156 valence electrons. The fraction of sp³-hybridized carbons (Fsp3) is 0.118. The number of rotatable bonds is 8. The van der Waals surface area contributed by atoms with Gasteiger partial charge in [-0.05, 0) is 30.3 Å². The first kappa shape index (κ1) is 21.3. The number of carbonyl (C=O) groups excluding carboxylic acids is 1. The largest absolute Gasteiger partial charge is 0.486 e. The third-order valence-electron chi connectivity index (χ3n) is 3.69. The smallest absolute Gasteiger partial charge is 0.271 e. The number of nitro groups is 1. The molecule has 0 unspecified atom stereocenters. The van der Waals surface area contributed by atoms with Crippen LogP contribution in [0.5, 0.6) is 5.75 Å². The van der Waals surface area contributed by atoms with Crippen molar-refractivity contribution in [2.45, 2.75) is 11.8 Å². The SMILES string of the molecule is Nn1c(COc2ccc(F)cc2)nnc1SCC(=O)Nc1ccc([N+](=O)[O-])cc1Cl. The van der Waals surface area contributed by atoms with Gasteiger partial charge >= 0.3 is 0 Å². The number of nitrogens with zero attached hydrogens (tertiary/aromatic N) is 4. The van der Waals surface area contributed by atoms with E-state index in [0.29, 0.717) is 11.6 Å². The summed E-state index contributed by atoms with van der Waals surface area (Å²) in [5.74, 6) is 5.81. The van der Waals surface area contributed by atoms with E-state index in [1.54, 1.807) is 0 Å². The number of amides is 1. The van der Waals surface area contributed by atoms with E-state index in [1.165, 1.54) is 41.1 Å². The predicted octanol–water partition coefficient (Wildman–Crippen LogP) is 3.00. The highest BCUT2D eigenvalue weighted by atomic mass is 35.5. The van der Waals surface area contributed by atoms with Gasteiger partial charge in [-0.15, -0.1) is 10.2 Å². The summed E-state index contributed by atoms with van der Waals surface area (Å²) in [6, 6.07) is 9.19. The molecule has 2 aromatic carbocycles. The third kappa shape index (κ3) is 5.36. The van der Waals surface area contributed by atoms with Gasteiger partial charge in [0.2, 0.25) is 11.1 Å². The van der Waals surface area contributed by atoms with Crippen molar-refractivity contribution >= 4 is 40.6 Å². The first-order valence-electron chi connectivity index (χ1n) is 8.28. The quantitative estimate of drug-likeness (QED) is 0.230. The van der Waals surface area contributed by atoms with Gasteiger partial charge in [-0.2, -0.15) is 0 Å². The van der Waals surface area contributed by atoms with Gasteiger partial charge in [-0.3, -0.25) is 14.9 Å². The Morgan fingerprint density at radius 1 is 1.30 bits per heavy atom. The fourth-order valence-electron chi connectivity index (χ4n) is 2.22. The van der Waals surface area contributed by atoms with Crippen LogP contribution >= 0.6 is 23.4 Å². The standard InChI is InChI=1S/C17H14ClFN6O4S/c18-13-7-11(25(27)28)3-6-14(13)21-16(26)9-30-17-23-22-15(24(17)20)8-29-12-4-1-10(19)2-5-12/h1-7H,8-9,20H2,(H,21,26). The minimum absolute atomic E-state index is 0.000289. The average Bonchev–Trinajstić information content (AvgIpc) is 3.07. The molecule has 30 heavy (non-hydrogen) atoms. The van der Waals surface area contributed by atoms with Gasteiger partial charge in [0.15, 0.2) is 5.82 Å². The molecular weight excluding hydrogens is 439 g/mol. The van der Waals surface area contributed by atoms with Crippen LogP contribution in [0.25, 0.3) is 0 Å². The molecule has 0 fully saturated rings. The summed E-state index contributed by atoms with van der Waals surface area (Å²) in [5.41, 5.74) is 0.0643. The van der Waals surface area contributed by atoms with Crippen LogP contribution in [0.4, 0.5) is 15.8 Å². The molecule has 13 heteroatoms. The maximum Gasteiger partial charge on any atom is 0.271 e. The van der Waals surface area contributed by atoms with E-state index in [1.807, 2.05) is 0 Å². The molecule has 1 aromatic heterocycles. The predicted molar refractivity (Wildman–Crippen MR) is 108 cm³/mol. The van der Waals surface area contributed by atoms with Crippen molar-refractivity contribution in [3.05, 3.63) is 69.2 Å². The van der Waals surface area contributed by atoms with Gasteiger partial charge in [0, 0.05) is 12.1 Å². The van der Waals surface area contributed by atoms with Crippen molar-refractivity contribution in [2.24, 2.45) is 0 Å². The first-order chi connectivity index (χ1) is 14.3. The number of ether oxygens (including phenoxy) is 1. The second-order valence-electron chi connectivity index (χ2n) is 5.77. The Morgan fingerprint density at radius 3 is 2.70 bits per heavy atom. The van der Waals surface area contributed by atoms with Crippen molar-refractivity contribution in [3.63, 3.8) is 0 Å². The van der Waals surface area contributed by atoms with Crippen LogP contribution in [0.2, 0.25) is 5.02 Å². The van der Waals surface area contributed by atoms with Crippen molar-refractivity contribution in [3.8, 4) is 5.75 Å². The van der Waals surface area contributed by atoms with Crippen LogP contribution < -0.4 is 15.9 Å². The van der Waals surface area contributed by atoms with Gasteiger partial charge in [-0.25, -0.2) is 9.07 Å². The highest BCUT2D eigenvalue weighted by Crippen LogP contribution is 2.27. The maximum atomic E-state index is 12.9. The second kappa shape index (κ2) is 9.41. The van der Waals surface area contributed by atoms with Crippen molar-refractivity contribution in [1.29, 1.82) is 0 Å². The number of hydrogen-bond acceptors (Lipinski definition) is 8. The molecule has 0 spiro atoms. The van der Waals surface area contributed by atoms with Crippen LogP contribution in [0, 0.1) is 15.9 Å². The topological polar surface area (TPSA) is 138 Å². The zero-order valence-electron chi connectivity index (χ0n) is 15.1. The van der Waals surface area contributed by atoms with Gasteiger partial charge in [0.05, 0.1) is 21.4 Å². The van der Waals surface area contributed by atoms with Gasteiger partial charge in [-0.1, -0.05) is 23.4 Å². The molecule has 0 atom stereocenters. The van der Waals surface area contributed by atoms with E-state index in [2.05, 4.69) is 15.5 Å². The van der Waals surface area contributed by atoms with Crippen LogP contribution in [0.3, 0.4) is 0 Å². The number of non-ortho nitro benzene ring substituents is 1. The molecule has 10 nitrogen and oxygen atoms in total. The van der Waals surface area contributed by atoms with Crippen molar-refractivity contribution in [1.82, 2.24) is 14.9 Å². The number of nitro benzene ring substituents is 1. The highest BCUT2D eigenvalue weighted by molar-refractivity contribution is 7.99. The summed E-state index contributed by atoms with van der Waals surface area (Å²) < 4.78 is 19.6. The third-order valence-corrected chi connectivity index (χ3v) is 4.94. The summed E-state index contributed by atoms with van der Waals surface area (Å²) in [6.45, 7) is 0.000289. The number of anilines is 1. The Hall–Kier alpha value is -3.38. The zero-order chi connectivity index (χ0) is 21.7. The molecular formula is C17H14ClFN6O4S. The molecule has 0 saturated carbocycles. The molecule has 1 heterocycles. The maximum absolute atomic E-state index is 12.9. The summed E-state index contributed by atoms with van der Waals surface area (Å²) >= 11 is 6.98.